The average Bonchev–Trinajstić information content (AvgIpc) is 2.97. The van der Waals surface area contributed by atoms with Crippen molar-refractivity contribution in [2.45, 2.75) is 6.92 Å². The number of imidazole rings is 1. The fraction of sp³-hybridized carbons (Fsp3) is 0.105. The van der Waals surface area contributed by atoms with E-state index in [-0.39, 0.29) is 5.82 Å². The van der Waals surface area contributed by atoms with Crippen LogP contribution < -0.4 is 10.1 Å². The Morgan fingerprint density at radius 3 is 2.62 bits per heavy atom. The zero-order chi connectivity index (χ0) is 18.1. The van der Waals surface area contributed by atoms with Crippen molar-refractivity contribution in [1.29, 1.82) is 0 Å². The predicted molar refractivity (Wildman–Crippen MR) is 97.6 cm³/mol. The molecule has 0 radical (unpaired) electrons. The van der Waals surface area contributed by atoms with E-state index in [1.165, 1.54) is 12.1 Å². The molecule has 2 aromatic heterocycles. The molecule has 2 heterocycles. The van der Waals surface area contributed by atoms with Gasteiger partial charge in [0, 0.05) is 11.8 Å². The molecule has 0 bridgehead atoms. The number of fused-ring (bicyclic) bond motifs is 1. The maximum atomic E-state index is 13.7. The van der Waals surface area contributed by atoms with Crippen LogP contribution in [0.5, 0.6) is 5.75 Å². The van der Waals surface area contributed by atoms with E-state index >= 15 is 0 Å². The van der Waals surface area contributed by atoms with Gasteiger partial charge in [-0.1, -0.05) is 0 Å². The van der Waals surface area contributed by atoms with Gasteiger partial charge >= 0.3 is 0 Å². The number of nitrogens with zero attached hydrogens (tertiary/aromatic N) is 4. The van der Waals surface area contributed by atoms with Crippen LogP contribution in [0, 0.1) is 12.7 Å². The summed E-state index contributed by atoms with van der Waals surface area (Å²) in [5.41, 5.74) is 2.22. The van der Waals surface area contributed by atoms with Gasteiger partial charge in [0.25, 0.3) is 0 Å². The Labute approximate surface area is 149 Å². The van der Waals surface area contributed by atoms with Crippen LogP contribution in [-0.4, -0.2) is 26.6 Å². The van der Waals surface area contributed by atoms with Gasteiger partial charge in [-0.15, -0.1) is 0 Å². The Hall–Kier alpha value is -3.48. The van der Waals surface area contributed by atoms with Gasteiger partial charge in [0.05, 0.1) is 30.5 Å². The van der Waals surface area contributed by atoms with E-state index in [0.717, 1.165) is 11.4 Å². The number of nitrogens with one attached hydrogen (secondary N) is 1. The maximum absolute atomic E-state index is 13.7. The van der Waals surface area contributed by atoms with Crippen LogP contribution in [0.2, 0.25) is 0 Å². The van der Waals surface area contributed by atoms with Gasteiger partial charge in [0.2, 0.25) is 0 Å². The molecule has 6 nitrogen and oxygen atoms in total. The first-order valence-electron chi connectivity index (χ1n) is 8.02. The van der Waals surface area contributed by atoms with Gasteiger partial charge in [-0.3, -0.25) is 9.55 Å². The van der Waals surface area contributed by atoms with Crippen molar-refractivity contribution in [1.82, 2.24) is 19.5 Å². The Morgan fingerprint density at radius 1 is 1.04 bits per heavy atom. The van der Waals surface area contributed by atoms with E-state index in [2.05, 4.69) is 20.3 Å². The minimum absolute atomic E-state index is 0.320. The van der Waals surface area contributed by atoms with E-state index in [1.807, 2.05) is 31.2 Å². The highest BCUT2D eigenvalue weighted by molar-refractivity contribution is 5.78. The van der Waals surface area contributed by atoms with Gasteiger partial charge in [0.1, 0.15) is 17.4 Å². The molecule has 0 aliphatic heterocycles. The predicted octanol–water partition coefficient (Wildman–Crippen LogP) is 4.02. The molecular formula is C19H16FN5O. The number of hydrogen-bond donors (Lipinski definition) is 1. The second-order valence-corrected chi connectivity index (χ2v) is 5.74. The third kappa shape index (κ3) is 2.95. The van der Waals surface area contributed by atoms with Crippen molar-refractivity contribution in [3.8, 4) is 11.6 Å². The van der Waals surface area contributed by atoms with E-state index < -0.39 is 0 Å². The molecule has 0 unspecified atom stereocenters. The lowest BCUT2D eigenvalue weighted by Crippen LogP contribution is -2.03. The third-order valence-corrected chi connectivity index (χ3v) is 4.00. The SMILES string of the molecule is COc1ccc(Nc2cncc(-n3c(C)nc4ccc(F)cc43)n2)cc1. The van der Waals surface area contributed by atoms with Crippen LogP contribution in [-0.2, 0) is 0 Å². The van der Waals surface area contributed by atoms with Crippen molar-refractivity contribution in [2.75, 3.05) is 12.4 Å². The monoisotopic (exact) mass is 349 g/mol. The van der Waals surface area contributed by atoms with Crippen molar-refractivity contribution >= 4 is 22.5 Å². The van der Waals surface area contributed by atoms with Crippen LogP contribution >= 0.6 is 0 Å². The number of benzene rings is 2. The average molecular weight is 349 g/mol. The number of anilines is 2. The number of ether oxygens (including phenoxy) is 1. The van der Waals surface area contributed by atoms with Gasteiger partial charge in [-0.25, -0.2) is 14.4 Å². The molecule has 0 saturated heterocycles. The third-order valence-electron chi connectivity index (χ3n) is 4.00. The lowest BCUT2D eigenvalue weighted by molar-refractivity contribution is 0.415. The molecule has 130 valence electrons. The summed E-state index contributed by atoms with van der Waals surface area (Å²) in [6.07, 6.45) is 3.25. The Kier molecular flexibility index (Phi) is 3.96. The standard InChI is InChI=1S/C19H16FN5O/c1-12-22-16-8-3-13(20)9-17(16)25(12)19-11-21-10-18(24-19)23-14-4-6-15(26-2)7-5-14/h3-11H,1-2H3,(H,23,24). The Bertz CT molecular complexity index is 1080. The van der Waals surface area contributed by atoms with Crippen molar-refractivity contribution in [3.63, 3.8) is 0 Å². The molecule has 0 spiro atoms. The molecule has 0 amide bonds. The number of rotatable bonds is 4. The van der Waals surface area contributed by atoms with Gasteiger partial charge in [0.15, 0.2) is 11.6 Å². The smallest absolute Gasteiger partial charge is 0.159 e. The maximum Gasteiger partial charge on any atom is 0.159 e. The van der Waals surface area contributed by atoms with Crippen molar-refractivity contribution in [2.24, 2.45) is 0 Å². The van der Waals surface area contributed by atoms with E-state index in [0.29, 0.717) is 28.5 Å². The van der Waals surface area contributed by atoms with Crippen LogP contribution in [0.1, 0.15) is 5.82 Å². The molecule has 1 N–H and O–H groups in total. The normalized spacial score (nSPS) is 10.9. The summed E-state index contributed by atoms with van der Waals surface area (Å²) in [5, 5.41) is 3.20. The summed E-state index contributed by atoms with van der Waals surface area (Å²) in [7, 11) is 1.62. The first kappa shape index (κ1) is 16.0. The Balaban J connectivity index is 1.71. The molecule has 0 aliphatic rings. The second kappa shape index (κ2) is 6.44. The lowest BCUT2D eigenvalue weighted by atomic mass is 10.3. The minimum Gasteiger partial charge on any atom is -0.497 e. The molecule has 0 fully saturated rings. The van der Waals surface area contributed by atoms with E-state index in [9.17, 15) is 4.39 Å². The summed E-state index contributed by atoms with van der Waals surface area (Å²) in [4.78, 5) is 13.3. The molecule has 0 aliphatic carbocycles. The van der Waals surface area contributed by atoms with Gasteiger partial charge in [-0.2, -0.15) is 0 Å². The zero-order valence-electron chi connectivity index (χ0n) is 14.3. The summed E-state index contributed by atoms with van der Waals surface area (Å²) in [5.74, 6) is 2.30. The number of aryl methyl sites for hydroxylation is 1. The largest absolute Gasteiger partial charge is 0.497 e. The molecular weight excluding hydrogens is 333 g/mol. The lowest BCUT2D eigenvalue weighted by Gasteiger charge is -2.10. The number of aromatic nitrogens is 4. The van der Waals surface area contributed by atoms with Crippen LogP contribution in [0.25, 0.3) is 16.9 Å². The fourth-order valence-corrected chi connectivity index (χ4v) is 2.80. The summed E-state index contributed by atoms with van der Waals surface area (Å²) in [6, 6.07) is 12.0. The quantitative estimate of drug-likeness (QED) is 0.603. The van der Waals surface area contributed by atoms with Crippen molar-refractivity contribution < 1.29 is 9.13 Å². The number of halogens is 1. The summed E-state index contributed by atoms with van der Waals surface area (Å²) < 4.78 is 20.6. The molecule has 4 aromatic rings. The topological polar surface area (TPSA) is 64.9 Å². The summed E-state index contributed by atoms with van der Waals surface area (Å²) in [6.45, 7) is 1.85. The molecule has 4 rings (SSSR count). The van der Waals surface area contributed by atoms with Gasteiger partial charge < -0.3 is 10.1 Å². The summed E-state index contributed by atoms with van der Waals surface area (Å²) >= 11 is 0. The van der Waals surface area contributed by atoms with Gasteiger partial charge in [-0.05, 0) is 43.3 Å². The fourth-order valence-electron chi connectivity index (χ4n) is 2.80. The van der Waals surface area contributed by atoms with E-state index in [4.69, 9.17) is 4.74 Å². The molecule has 0 saturated carbocycles. The highest BCUT2D eigenvalue weighted by Gasteiger charge is 2.12. The van der Waals surface area contributed by atoms with Crippen LogP contribution in [0.3, 0.4) is 0 Å². The first-order valence-corrected chi connectivity index (χ1v) is 8.02. The number of methoxy groups -OCH3 is 1. The molecule has 0 atom stereocenters. The molecule has 2 aromatic carbocycles. The Morgan fingerprint density at radius 2 is 1.85 bits per heavy atom. The minimum atomic E-state index is -0.320. The second-order valence-electron chi connectivity index (χ2n) is 5.74. The highest BCUT2D eigenvalue weighted by Crippen LogP contribution is 2.23. The van der Waals surface area contributed by atoms with Crippen LogP contribution in [0.4, 0.5) is 15.9 Å². The number of hydrogen-bond acceptors (Lipinski definition) is 5. The molecule has 26 heavy (non-hydrogen) atoms. The highest BCUT2D eigenvalue weighted by atomic mass is 19.1. The van der Waals surface area contributed by atoms with Crippen molar-refractivity contribution in [3.05, 3.63) is 66.5 Å². The molecule has 7 heteroatoms. The van der Waals surface area contributed by atoms with E-state index in [1.54, 1.807) is 30.1 Å². The zero-order valence-corrected chi connectivity index (χ0v) is 14.3. The van der Waals surface area contributed by atoms with Crippen LogP contribution in [0.15, 0.2) is 54.9 Å². The first-order chi connectivity index (χ1) is 12.6.